The number of nitrogens with one attached hydrogen (secondary N) is 1. The van der Waals surface area contributed by atoms with E-state index in [0.29, 0.717) is 5.92 Å². The van der Waals surface area contributed by atoms with Crippen LogP contribution in [-0.2, 0) is 6.54 Å². The van der Waals surface area contributed by atoms with Gasteiger partial charge in [0.2, 0.25) is 0 Å². The summed E-state index contributed by atoms with van der Waals surface area (Å²) in [6.45, 7) is 1.96. The summed E-state index contributed by atoms with van der Waals surface area (Å²) < 4.78 is 13.8. The van der Waals surface area contributed by atoms with Crippen molar-refractivity contribution in [2.75, 3.05) is 18.5 Å². The number of hydrogen-bond donors (Lipinski definition) is 2. The highest BCUT2D eigenvalue weighted by Crippen LogP contribution is 2.47. The molecule has 3 atom stereocenters. The molecule has 5 rings (SSSR count). The summed E-state index contributed by atoms with van der Waals surface area (Å²) in [5.41, 5.74) is 5.43. The van der Waals surface area contributed by atoms with Crippen molar-refractivity contribution in [2.45, 2.75) is 25.0 Å². The van der Waals surface area contributed by atoms with Gasteiger partial charge in [-0.05, 0) is 71.6 Å². The maximum absolute atomic E-state index is 13.8. The number of fused-ring (bicyclic) bond motifs is 3. The molecule has 4 nitrogen and oxygen atoms in total. The summed E-state index contributed by atoms with van der Waals surface area (Å²) in [5, 5.41) is 13.5. The Hall–Kier alpha value is -2.76. The molecule has 2 aromatic carbocycles. The Morgan fingerprint density at radius 1 is 1.07 bits per heavy atom. The lowest BCUT2D eigenvalue weighted by Crippen LogP contribution is -2.41. The number of aromatic nitrogens is 1. The molecule has 0 bridgehead atoms. The van der Waals surface area contributed by atoms with Crippen molar-refractivity contribution in [3.05, 3.63) is 83.9 Å². The van der Waals surface area contributed by atoms with Crippen molar-refractivity contribution in [1.82, 2.24) is 9.88 Å². The third-order valence-corrected chi connectivity index (χ3v) is 6.27. The largest absolute Gasteiger partial charge is 0.394 e. The first kappa shape index (κ1) is 18.3. The highest BCUT2D eigenvalue weighted by molar-refractivity contribution is 5.70. The predicted molar refractivity (Wildman–Crippen MR) is 112 cm³/mol. The lowest BCUT2D eigenvalue weighted by molar-refractivity contribution is 0.172. The number of benzene rings is 2. The van der Waals surface area contributed by atoms with Crippen molar-refractivity contribution in [3.63, 3.8) is 0 Å². The van der Waals surface area contributed by atoms with E-state index >= 15 is 0 Å². The van der Waals surface area contributed by atoms with Crippen LogP contribution >= 0.6 is 0 Å². The molecule has 3 heterocycles. The minimum Gasteiger partial charge on any atom is -0.394 e. The van der Waals surface area contributed by atoms with Crippen LogP contribution in [0.1, 0.15) is 23.6 Å². The lowest BCUT2D eigenvalue weighted by atomic mass is 9.82. The van der Waals surface area contributed by atoms with Gasteiger partial charge in [0.15, 0.2) is 0 Å². The Labute approximate surface area is 170 Å². The smallest absolute Gasteiger partial charge is 0.123 e. The number of halogens is 1. The summed E-state index contributed by atoms with van der Waals surface area (Å²) in [4.78, 5) is 6.62. The second-order valence-corrected chi connectivity index (χ2v) is 7.97. The van der Waals surface area contributed by atoms with Gasteiger partial charge in [-0.3, -0.25) is 9.88 Å². The monoisotopic (exact) mass is 389 g/mol. The molecular formula is C24H24FN3O. The van der Waals surface area contributed by atoms with E-state index in [9.17, 15) is 9.50 Å². The fourth-order valence-corrected chi connectivity index (χ4v) is 4.91. The molecule has 1 aromatic heterocycles. The molecule has 1 saturated heterocycles. The number of likely N-dealkylation sites (tertiary alicyclic amines) is 1. The van der Waals surface area contributed by atoms with Gasteiger partial charge in [-0.15, -0.1) is 0 Å². The second kappa shape index (κ2) is 7.58. The van der Waals surface area contributed by atoms with Gasteiger partial charge in [0.05, 0.1) is 12.6 Å². The maximum atomic E-state index is 13.8. The lowest BCUT2D eigenvalue weighted by Gasteiger charge is -2.39. The van der Waals surface area contributed by atoms with E-state index in [1.807, 2.05) is 24.5 Å². The number of aliphatic hydroxyl groups excluding tert-OH is 1. The van der Waals surface area contributed by atoms with Crippen LogP contribution in [0.4, 0.5) is 10.1 Å². The molecule has 148 valence electrons. The molecule has 29 heavy (non-hydrogen) atoms. The van der Waals surface area contributed by atoms with Crippen molar-refractivity contribution in [3.8, 4) is 11.1 Å². The van der Waals surface area contributed by atoms with Crippen LogP contribution in [0.25, 0.3) is 11.1 Å². The Kier molecular flexibility index (Phi) is 4.78. The fraction of sp³-hybridized carbons (Fsp3) is 0.292. The molecule has 0 spiro atoms. The number of nitrogens with zero attached hydrogens (tertiary/aromatic N) is 2. The minimum absolute atomic E-state index is 0.0509. The van der Waals surface area contributed by atoms with Crippen LogP contribution < -0.4 is 5.32 Å². The van der Waals surface area contributed by atoms with Crippen molar-refractivity contribution in [2.24, 2.45) is 5.92 Å². The van der Waals surface area contributed by atoms with Gasteiger partial charge in [-0.25, -0.2) is 4.39 Å². The van der Waals surface area contributed by atoms with E-state index in [2.05, 4.69) is 39.5 Å². The molecule has 0 amide bonds. The molecule has 2 N–H and O–H groups in total. The number of pyridine rings is 1. The third-order valence-electron chi connectivity index (χ3n) is 6.27. The average molecular weight is 389 g/mol. The fourth-order valence-electron chi connectivity index (χ4n) is 4.91. The summed E-state index contributed by atoms with van der Waals surface area (Å²) in [6.07, 6.45) is 4.70. The van der Waals surface area contributed by atoms with Crippen LogP contribution in [0.2, 0.25) is 0 Å². The van der Waals surface area contributed by atoms with Crippen LogP contribution in [0.5, 0.6) is 0 Å². The summed E-state index contributed by atoms with van der Waals surface area (Å²) >= 11 is 0. The van der Waals surface area contributed by atoms with Gasteiger partial charge in [0.1, 0.15) is 5.82 Å². The highest BCUT2D eigenvalue weighted by atomic mass is 19.1. The third kappa shape index (κ3) is 3.41. The van der Waals surface area contributed by atoms with Gasteiger partial charge >= 0.3 is 0 Å². The van der Waals surface area contributed by atoms with E-state index in [1.54, 1.807) is 12.1 Å². The Bertz CT molecular complexity index is 1010. The zero-order chi connectivity index (χ0) is 19.8. The maximum Gasteiger partial charge on any atom is 0.123 e. The molecule has 0 saturated carbocycles. The van der Waals surface area contributed by atoms with Crippen LogP contribution in [0.3, 0.4) is 0 Å². The molecule has 2 aliphatic heterocycles. The topological polar surface area (TPSA) is 48.4 Å². The molecule has 0 unspecified atom stereocenters. The molecular weight excluding hydrogens is 365 g/mol. The highest BCUT2D eigenvalue weighted by Gasteiger charge is 2.43. The molecule has 3 aromatic rings. The van der Waals surface area contributed by atoms with Gasteiger partial charge in [0.25, 0.3) is 0 Å². The normalized spacial score (nSPS) is 23.3. The molecule has 0 radical (unpaired) electrons. The number of rotatable bonds is 4. The molecule has 0 aliphatic carbocycles. The Morgan fingerprint density at radius 3 is 2.69 bits per heavy atom. The van der Waals surface area contributed by atoms with E-state index < -0.39 is 0 Å². The van der Waals surface area contributed by atoms with Gasteiger partial charge in [0, 0.05) is 36.6 Å². The van der Waals surface area contributed by atoms with Gasteiger partial charge < -0.3 is 10.4 Å². The second-order valence-electron chi connectivity index (χ2n) is 7.97. The predicted octanol–water partition coefficient (Wildman–Crippen LogP) is 4.24. The standard InChI is InChI=1S/C24H24FN3O/c25-19-3-1-2-17(12-19)18-4-5-22-21(13-18)24-20(23(15-29)27-22)8-11-28(24)14-16-6-9-26-10-7-16/h1-7,9-10,12-13,20,23-24,27,29H,8,11,14-15H2/t20-,23+,24-/m1/s1. The first-order valence-electron chi connectivity index (χ1n) is 10.1. The van der Waals surface area contributed by atoms with Crippen LogP contribution in [-0.4, -0.2) is 34.2 Å². The molecule has 1 fully saturated rings. The van der Waals surface area contributed by atoms with E-state index in [-0.39, 0.29) is 24.5 Å². The number of anilines is 1. The van der Waals surface area contributed by atoms with Crippen LogP contribution in [0, 0.1) is 11.7 Å². The average Bonchev–Trinajstić information content (AvgIpc) is 3.17. The van der Waals surface area contributed by atoms with E-state index in [0.717, 1.165) is 36.3 Å². The summed E-state index contributed by atoms with van der Waals surface area (Å²) in [7, 11) is 0. The van der Waals surface area contributed by atoms with Gasteiger partial charge in [-0.2, -0.15) is 0 Å². The Balaban J connectivity index is 1.54. The van der Waals surface area contributed by atoms with Crippen molar-refractivity contribution >= 4 is 5.69 Å². The zero-order valence-corrected chi connectivity index (χ0v) is 16.1. The number of hydrogen-bond acceptors (Lipinski definition) is 4. The summed E-state index contributed by atoms with van der Waals surface area (Å²) in [5.74, 6) is 0.119. The first-order chi connectivity index (χ1) is 14.2. The van der Waals surface area contributed by atoms with Gasteiger partial charge in [-0.1, -0.05) is 18.2 Å². The van der Waals surface area contributed by atoms with Crippen molar-refractivity contribution < 1.29 is 9.50 Å². The van der Waals surface area contributed by atoms with Crippen LogP contribution in [0.15, 0.2) is 67.0 Å². The molecule has 2 aliphatic rings. The zero-order valence-electron chi connectivity index (χ0n) is 16.1. The number of aliphatic hydroxyl groups is 1. The van der Waals surface area contributed by atoms with E-state index in [4.69, 9.17) is 0 Å². The first-order valence-corrected chi connectivity index (χ1v) is 10.1. The minimum atomic E-state index is -0.225. The molecule has 5 heteroatoms. The Morgan fingerprint density at radius 2 is 1.90 bits per heavy atom. The van der Waals surface area contributed by atoms with E-state index in [1.165, 1.54) is 17.2 Å². The summed E-state index contributed by atoms with van der Waals surface area (Å²) in [6, 6.07) is 17.4. The quantitative estimate of drug-likeness (QED) is 0.701. The SMILES string of the molecule is OC[C@@H]1Nc2ccc(-c3cccc(F)c3)cc2[C@H]2[C@@H]1CCN2Cc1ccncc1. The van der Waals surface area contributed by atoms with Crippen molar-refractivity contribution in [1.29, 1.82) is 0 Å².